The normalized spacial score (nSPS) is 20.0. The molecule has 5 aliphatic rings. The minimum absolute atomic E-state index is 0.224. The molecule has 0 bridgehead atoms. The van der Waals surface area contributed by atoms with Crippen LogP contribution in [0.2, 0.25) is 0 Å². The number of hydrogen-bond donors (Lipinski definition) is 1. The molecule has 0 amide bonds. The maximum absolute atomic E-state index is 6.44. The first kappa shape index (κ1) is 36.3. The van der Waals surface area contributed by atoms with Gasteiger partial charge in [-0.1, -0.05) is 146 Å². The molecule has 9 aromatic rings. The Morgan fingerprint density at radius 2 is 1.58 bits per heavy atom. The first-order chi connectivity index (χ1) is 32.2. The highest BCUT2D eigenvalue weighted by Gasteiger charge is 2.38. The van der Waals surface area contributed by atoms with Gasteiger partial charge in [0.1, 0.15) is 23.2 Å². The van der Waals surface area contributed by atoms with Crippen LogP contribution in [0.5, 0.6) is 0 Å². The van der Waals surface area contributed by atoms with E-state index in [1.165, 1.54) is 49.3 Å². The van der Waals surface area contributed by atoms with Gasteiger partial charge in [0.25, 0.3) is 0 Å². The van der Waals surface area contributed by atoms with E-state index in [4.69, 9.17) is 14.4 Å². The maximum atomic E-state index is 6.44. The molecule has 0 spiro atoms. The Kier molecular flexibility index (Phi) is 7.91. The van der Waals surface area contributed by atoms with Gasteiger partial charge < -0.3 is 14.3 Å². The quantitative estimate of drug-likeness (QED) is 0.188. The van der Waals surface area contributed by atoms with Gasteiger partial charge in [0.2, 0.25) is 0 Å². The molecule has 2 aromatic heterocycles. The van der Waals surface area contributed by atoms with Crippen molar-refractivity contribution in [1.82, 2.24) is 9.88 Å². The monoisotopic (exact) mass is 832 g/mol. The molecule has 306 valence electrons. The molecule has 1 N–H and O–H groups in total. The summed E-state index contributed by atoms with van der Waals surface area (Å²) in [6, 6.07) is 58.1. The fraction of sp³-hybridized carbons (Fsp3) is 0.100. The van der Waals surface area contributed by atoms with Crippen LogP contribution in [-0.2, 0) is 6.42 Å². The van der Waals surface area contributed by atoms with Crippen molar-refractivity contribution in [2.24, 2.45) is 15.9 Å². The van der Waals surface area contributed by atoms with E-state index in [2.05, 4.69) is 186 Å². The van der Waals surface area contributed by atoms with Crippen molar-refractivity contribution in [3.63, 3.8) is 0 Å². The molecule has 5 heteroatoms. The number of para-hydroxylation sites is 2. The largest absolute Gasteiger partial charge is 0.456 e. The number of fused-ring (bicyclic) bond motifs is 12. The highest BCUT2D eigenvalue weighted by Crippen LogP contribution is 2.51. The van der Waals surface area contributed by atoms with Crippen molar-refractivity contribution >= 4 is 62.7 Å². The van der Waals surface area contributed by atoms with Crippen LogP contribution in [0.25, 0.3) is 67.9 Å². The predicted octanol–water partition coefficient (Wildman–Crippen LogP) is 11.8. The van der Waals surface area contributed by atoms with Gasteiger partial charge in [-0.25, -0.2) is 9.98 Å². The van der Waals surface area contributed by atoms with Crippen LogP contribution in [-0.4, -0.2) is 16.2 Å². The first-order valence-corrected chi connectivity index (χ1v) is 22.7. The van der Waals surface area contributed by atoms with Crippen LogP contribution in [0.15, 0.2) is 190 Å². The zero-order chi connectivity index (χ0) is 42.6. The average molecular weight is 833 g/mol. The topological polar surface area (TPSA) is 54.8 Å². The van der Waals surface area contributed by atoms with Crippen LogP contribution >= 0.6 is 0 Å². The van der Waals surface area contributed by atoms with Crippen LogP contribution in [0.3, 0.4) is 0 Å². The molecule has 7 aromatic carbocycles. The molecule has 0 radical (unpaired) electrons. The lowest BCUT2D eigenvalue weighted by Crippen LogP contribution is -2.34. The lowest BCUT2D eigenvalue weighted by Gasteiger charge is -2.25. The highest BCUT2D eigenvalue weighted by atomic mass is 16.3. The van der Waals surface area contributed by atoms with E-state index in [-0.39, 0.29) is 5.92 Å². The second-order valence-electron chi connectivity index (χ2n) is 17.9. The van der Waals surface area contributed by atoms with Gasteiger partial charge in [-0.2, -0.15) is 0 Å². The molecule has 4 aliphatic carbocycles. The van der Waals surface area contributed by atoms with Crippen LogP contribution < -0.4 is 15.9 Å². The summed E-state index contributed by atoms with van der Waals surface area (Å²) in [6.45, 7) is 0. The van der Waals surface area contributed by atoms with Crippen molar-refractivity contribution in [1.29, 1.82) is 0 Å². The van der Waals surface area contributed by atoms with E-state index in [1.54, 1.807) is 0 Å². The average Bonchev–Trinajstić information content (AvgIpc) is 4.05. The van der Waals surface area contributed by atoms with Crippen molar-refractivity contribution in [2.75, 3.05) is 0 Å². The van der Waals surface area contributed by atoms with E-state index in [1.807, 2.05) is 24.3 Å². The van der Waals surface area contributed by atoms with E-state index in [0.29, 0.717) is 11.8 Å². The third-order valence-electron chi connectivity index (χ3n) is 14.3. The Morgan fingerprint density at radius 1 is 0.738 bits per heavy atom. The molecule has 4 atom stereocenters. The van der Waals surface area contributed by atoms with Crippen LogP contribution in [0.1, 0.15) is 63.4 Å². The fourth-order valence-electron chi connectivity index (χ4n) is 11.2. The Hall–Kier alpha value is -8.20. The summed E-state index contributed by atoms with van der Waals surface area (Å²) >= 11 is 0. The Bertz CT molecular complexity index is 3760. The number of benzene rings is 6. The van der Waals surface area contributed by atoms with Crippen molar-refractivity contribution < 1.29 is 4.42 Å². The molecule has 65 heavy (non-hydrogen) atoms. The molecule has 14 rings (SSSR count). The number of hydrogen-bond acceptors (Lipinski definition) is 4. The van der Waals surface area contributed by atoms with Crippen molar-refractivity contribution in [3.05, 3.63) is 237 Å². The van der Waals surface area contributed by atoms with Crippen molar-refractivity contribution in [2.45, 2.75) is 30.8 Å². The Balaban J connectivity index is 0.995. The fourth-order valence-corrected chi connectivity index (χ4v) is 11.2. The molecular formula is C60H40N4O. The molecule has 0 fully saturated rings. The van der Waals surface area contributed by atoms with Crippen LogP contribution in [0, 0.1) is 18.1 Å². The molecule has 5 nitrogen and oxygen atoms in total. The number of rotatable bonds is 5. The van der Waals surface area contributed by atoms with E-state index < -0.39 is 6.17 Å². The summed E-state index contributed by atoms with van der Waals surface area (Å²) < 4.78 is 8.95. The van der Waals surface area contributed by atoms with Gasteiger partial charge in [-0.3, -0.25) is 0 Å². The van der Waals surface area contributed by atoms with E-state index >= 15 is 0 Å². The summed E-state index contributed by atoms with van der Waals surface area (Å²) in [4.78, 5) is 11.1. The van der Waals surface area contributed by atoms with Gasteiger partial charge in [-0.05, 0) is 112 Å². The summed E-state index contributed by atoms with van der Waals surface area (Å²) in [5, 5.41) is 9.77. The molecule has 0 saturated heterocycles. The standard InChI is InChI=1S/C60H40N4O/c1-2-12-36(13-3-1)37-22-24-39(25-23-37)58-61-59(42-27-29-48-47-19-9-11-21-56(47)65-57(48)32-42)63-60(62-58)53-34-43(33-49-45-28-26-38-14-6-7-17-44(38)50(45)35-51(49)53)64-54-20-10-8-18-46(54)52-30-40-15-4-5-16-41(40)31-55(52)64/h2,4-15,17-34,41,45,50,59H,16,35H2,(H,61,62,63). The lowest BCUT2D eigenvalue weighted by atomic mass is 9.80. The number of furan rings is 1. The van der Waals surface area contributed by atoms with E-state index in [9.17, 15) is 0 Å². The third-order valence-corrected chi connectivity index (χ3v) is 14.3. The second-order valence-corrected chi connectivity index (χ2v) is 17.9. The Morgan fingerprint density at radius 3 is 2.51 bits per heavy atom. The summed E-state index contributed by atoms with van der Waals surface area (Å²) in [5.41, 5.74) is 16.1. The van der Waals surface area contributed by atoms with Crippen molar-refractivity contribution in [3.8, 4) is 16.8 Å². The molecule has 1 aliphatic heterocycles. The maximum Gasteiger partial charge on any atom is 0.159 e. The SMILES string of the molecule is c1ccc(-c2ccc(C3=NC(c4cc(-n5c6c(c7ccccc75)=CC5=CC=CCC5C=6)cc5c4CC4c6ccccc6C=CC54)=NC(c4ccc5c(c4)oc4ccccc45)N3)cc2)cc#1. The summed E-state index contributed by atoms with van der Waals surface area (Å²) in [7, 11) is 0. The smallest absolute Gasteiger partial charge is 0.159 e. The van der Waals surface area contributed by atoms with Crippen LogP contribution in [0.4, 0.5) is 0 Å². The third kappa shape index (κ3) is 5.74. The number of allylic oxidation sites excluding steroid dienone is 5. The molecule has 0 saturated carbocycles. The van der Waals surface area contributed by atoms with Gasteiger partial charge in [0, 0.05) is 55.6 Å². The summed E-state index contributed by atoms with van der Waals surface area (Å²) in [5.74, 6) is 2.38. The molecular weight excluding hydrogens is 793 g/mol. The molecule has 3 heterocycles. The number of nitrogens with one attached hydrogen (secondary N) is 1. The number of aromatic nitrogens is 1. The zero-order valence-corrected chi connectivity index (χ0v) is 35.4. The first-order valence-electron chi connectivity index (χ1n) is 22.7. The highest BCUT2D eigenvalue weighted by molar-refractivity contribution is 6.14. The van der Waals surface area contributed by atoms with Gasteiger partial charge in [0.05, 0.1) is 10.9 Å². The zero-order valence-electron chi connectivity index (χ0n) is 35.4. The minimum Gasteiger partial charge on any atom is -0.456 e. The van der Waals surface area contributed by atoms with Gasteiger partial charge in [0.15, 0.2) is 5.84 Å². The van der Waals surface area contributed by atoms with E-state index in [0.717, 1.165) is 80.0 Å². The predicted molar refractivity (Wildman–Crippen MR) is 264 cm³/mol. The summed E-state index contributed by atoms with van der Waals surface area (Å²) in [6.07, 6.45) is 17.9. The molecule has 4 unspecified atom stereocenters. The lowest BCUT2D eigenvalue weighted by molar-refractivity contribution is 0.654. The number of aliphatic imine (C=N–C) groups is 2. The van der Waals surface area contributed by atoms with Gasteiger partial charge in [-0.15, -0.1) is 0 Å². The number of amidine groups is 2. The minimum atomic E-state index is -0.426. The number of nitrogens with zero attached hydrogens (tertiary/aromatic N) is 3. The Labute approximate surface area is 376 Å². The second kappa shape index (κ2) is 14.2. The van der Waals surface area contributed by atoms with Gasteiger partial charge >= 0.3 is 0 Å².